The summed E-state index contributed by atoms with van der Waals surface area (Å²) in [4.78, 5) is 25.2. The highest BCUT2D eigenvalue weighted by Gasteiger charge is 2.29. The van der Waals surface area contributed by atoms with Crippen LogP contribution in [-0.2, 0) is 23.8 Å². The van der Waals surface area contributed by atoms with Gasteiger partial charge in [-0.15, -0.1) is 5.10 Å². The van der Waals surface area contributed by atoms with Gasteiger partial charge in [0, 0.05) is 12.5 Å². The van der Waals surface area contributed by atoms with Crippen molar-refractivity contribution in [3.05, 3.63) is 35.4 Å². The van der Waals surface area contributed by atoms with Gasteiger partial charge < -0.3 is 19.9 Å². The molecule has 3 aromatic heterocycles. The molecule has 0 aliphatic heterocycles. The van der Waals surface area contributed by atoms with Crippen molar-refractivity contribution in [2.24, 2.45) is 13.0 Å². The Morgan fingerprint density at radius 2 is 2.00 bits per heavy atom. The number of aliphatic carboxylic acids is 1. The predicted molar refractivity (Wildman–Crippen MR) is 138 cm³/mol. The Morgan fingerprint density at radius 3 is 2.68 bits per heavy atom. The van der Waals surface area contributed by atoms with Crippen LogP contribution in [0.25, 0.3) is 11.4 Å². The highest BCUT2D eigenvalue weighted by molar-refractivity contribution is 5.70. The number of methoxy groups -OCH3 is 1. The van der Waals surface area contributed by atoms with E-state index in [1.165, 1.54) is 0 Å². The molecule has 11 nitrogen and oxygen atoms in total. The molecule has 1 saturated carbocycles. The van der Waals surface area contributed by atoms with Gasteiger partial charge in [-0.05, 0) is 44.7 Å². The first-order valence-corrected chi connectivity index (χ1v) is 12.5. The van der Waals surface area contributed by atoms with E-state index in [1.807, 2.05) is 26.1 Å². The van der Waals surface area contributed by atoms with E-state index in [2.05, 4.69) is 46.4 Å². The topological polar surface area (TPSA) is 137 Å². The third-order valence-corrected chi connectivity index (χ3v) is 6.59. The van der Waals surface area contributed by atoms with Crippen LogP contribution in [0.5, 0.6) is 11.5 Å². The molecule has 0 saturated heterocycles. The summed E-state index contributed by atoms with van der Waals surface area (Å²) in [5.74, 6) is 0.685. The van der Waals surface area contributed by atoms with Crippen molar-refractivity contribution in [1.29, 1.82) is 0 Å². The third kappa shape index (κ3) is 5.98. The molecule has 1 fully saturated rings. The van der Waals surface area contributed by atoms with E-state index in [4.69, 9.17) is 14.5 Å². The number of carboxylic acid groups (broad SMARTS) is 1. The van der Waals surface area contributed by atoms with E-state index in [9.17, 15) is 9.90 Å². The molecule has 198 valence electrons. The number of carbonyl (C=O) groups is 1. The number of aromatic nitrogens is 6. The molecule has 0 amide bonds. The van der Waals surface area contributed by atoms with Gasteiger partial charge >= 0.3 is 5.97 Å². The molecule has 2 N–H and O–H groups in total. The van der Waals surface area contributed by atoms with Crippen LogP contribution in [0.15, 0.2) is 18.3 Å². The molecule has 0 aromatic carbocycles. The molecule has 1 aliphatic rings. The number of nitrogens with one attached hydrogen (secondary N) is 1. The molecular formula is C26H35N7O4. The fourth-order valence-corrected chi connectivity index (χ4v) is 4.54. The number of hydrogen-bond acceptors (Lipinski definition) is 9. The van der Waals surface area contributed by atoms with Crippen LogP contribution >= 0.6 is 0 Å². The number of hydrogen-bond donors (Lipinski definition) is 2. The maximum absolute atomic E-state index is 11.4. The summed E-state index contributed by atoms with van der Waals surface area (Å²) in [6, 6.07) is 3.73. The molecule has 0 radical (unpaired) electrons. The Morgan fingerprint density at radius 1 is 1.22 bits per heavy atom. The lowest BCUT2D eigenvalue weighted by Gasteiger charge is -2.27. The molecule has 3 heterocycles. The second-order valence-electron chi connectivity index (χ2n) is 10.4. The van der Waals surface area contributed by atoms with Gasteiger partial charge in [0.1, 0.15) is 11.4 Å². The zero-order valence-corrected chi connectivity index (χ0v) is 22.3. The van der Waals surface area contributed by atoms with Gasteiger partial charge in [0.2, 0.25) is 5.95 Å². The van der Waals surface area contributed by atoms with Crippen molar-refractivity contribution in [3.63, 3.8) is 0 Å². The molecule has 0 spiro atoms. The zero-order valence-electron chi connectivity index (χ0n) is 22.3. The summed E-state index contributed by atoms with van der Waals surface area (Å²) in [6.07, 6.45) is 4.45. The molecule has 1 aliphatic carbocycles. The van der Waals surface area contributed by atoms with Crippen molar-refractivity contribution in [2.75, 3.05) is 12.4 Å². The lowest BCUT2D eigenvalue weighted by molar-refractivity contribution is -0.143. The minimum Gasteiger partial charge on any atom is -0.493 e. The SMILES string of the molecule is COc1cnc(NCc2c(-c3ccc(O[C@H]4CCC[C@H](C(=O)O)C4)c(C)n3)nnn2C)nc1C(C)(C)C. The maximum atomic E-state index is 11.4. The first-order chi connectivity index (χ1) is 17.6. The molecule has 0 bridgehead atoms. The second kappa shape index (κ2) is 10.7. The van der Waals surface area contributed by atoms with E-state index in [-0.39, 0.29) is 17.4 Å². The van der Waals surface area contributed by atoms with E-state index in [0.29, 0.717) is 53.9 Å². The highest BCUT2D eigenvalue weighted by Crippen LogP contribution is 2.31. The van der Waals surface area contributed by atoms with Gasteiger partial charge in [0.15, 0.2) is 5.75 Å². The van der Waals surface area contributed by atoms with Gasteiger partial charge in [-0.1, -0.05) is 26.0 Å². The van der Waals surface area contributed by atoms with Crippen molar-refractivity contribution in [1.82, 2.24) is 29.9 Å². The first kappa shape index (κ1) is 26.3. The number of aryl methyl sites for hydroxylation is 2. The number of rotatable bonds is 8. The minimum atomic E-state index is -0.753. The van der Waals surface area contributed by atoms with Crippen molar-refractivity contribution >= 4 is 11.9 Å². The van der Waals surface area contributed by atoms with Crippen LogP contribution < -0.4 is 14.8 Å². The summed E-state index contributed by atoms with van der Waals surface area (Å²) in [7, 11) is 3.44. The van der Waals surface area contributed by atoms with Crippen LogP contribution in [0, 0.1) is 12.8 Å². The second-order valence-corrected chi connectivity index (χ2v) is 10.4. The van der Waals surface area contributed by atoms with Gasteiger partial charge in [0.05, 0.1) is 54.6 Å². The Bertz CT molecular complexity index is 1270. The van der Waals surface area contributed by atoms with E-state index in [1.54, 1.807) is 18.0 Å². The molecule has 4 rings (SSSR count). The molecule has 11 heteroatoms. The van der Waals surface area contributed by atoms with Crippen LogP contribution in [0.1, 0.15) is 63.5 Å². The maximum Gasteiger partial charge on any atom is 0.306 e. The normalized spacial score (nSPS) is 17.9. The standard InChI is InChI=1S/C26H35N7O4/c1-15-20(37-17-9-7-8-16(12-17)24(34)35)11-10-18(29-15)22-19(33(5)32-31-22)13-27-25-28-14-21(36-6)23(30-25)26(2,3)4/h10-11,14,16-17H,7-9,12-13H2,1-6H3,(H,34,35)(H,27,28,30)/t16-,17-/m0/s1. The van der Waals surface area contributed by atoms with E-state index >= 15 is 0 Å². The molecule has 3 aromatic rings. The lowest BCUT2D eigenvalue weighted by Crippen LogP contribution is -2.29. The number of carboxylic acids is 1. The summed E-state index contributed by atoms with van der Waals surface area (Å²) in [6.45, 7) is 8.50. The monoisotopic (exact) mass is 509 g/mol. The third-order valence-electron chi connectivity index (χ3n) is 6.59. The summed E-state index contributed by atoms with van der Waals surface area (Å²) < 4.78 is 13.3. The van der Waals surface area contributed by atoms with Gasteiger partial charge in [-0.2, -0.15) is 0 Å². The van der Waals surface area contributed by atoms with Crippen LogP contribution in [0.2, 0.25) is 0 Å². The van der Waals surface area contributed by atoms with E-state index in [0.717, 1.165) is 24.2 Å². The van der Waals surface area contributed by atoms with Crippen molar-refractivity contribution in [3.8, 4) is 22.9 Å². The van der Waals surface area contributed by atoms with Gasteiger partial charge in [-0.3, -0.25) is 4.79 Å². The Kier molecular flexibility index (Phi) is 7.60. The summed E-state index contributed by atoms with van der Waals surface area (Å²) in [5, 5.41) is 21.2. The van der Waals surface area contributed by atoms with E-state index < -0.39 is 5.97 Å². The number of anilines is 1. The zero-order chi connectivity index (χ0) is 26.7. The first-order valence-electron chi connectivity index (χ1n) is 12.5. The van der Waals surface area contributed by atoms with Gasteiger partial charge in [-0.25, -0.2) is 19.6 Å². The Hall–Kier alpha value is -3.76. The van der Waals surface area contributed by atoms with Crippen molar-refractivity contribution in [2.45, 2.75) is 71.4 Å². The Labute approximate surface area is 216 Å². The average molecular weight is 510 g/mol. The smallest absolute Gasteiger partial charge is 0.306 e. The lowest BCUT2D eigenvalue weighted by atomic mass is 9.87. The number of pyridine rings is 1. The average Bonchev–Trinajstić information content (AvgIpc) is 3.23. The van der Waals surface area contributed by atoms with Gasteiger partial charge in [0.25, 0.3) is 0 Å². The van der Waals surface area contributed by atoms with Crippen LogP contribution in [0.3, 0.4) is 0 Å². The fourth-order valence-electron chi connectivity index (χ4n) is 4.54. The number of nitrogens with zero attached hydrogens (tertiary/aromatic N) is 6. The highest BCUT2D eigenvalue weighted by atomic mass is 16.5. The fraction of sp³-hybridized carbons (Fsp3) is 0.538. The molecule has 2 atom stereocenters. The largest absolute Gasteiger partial charge is 0.493 e. The molecular weight excluding hydrogens is 474 g/mol. The van der Waals surface area contributed by atoms with Crippen molar-refractivity contribution < 1.29 is 19.4 Å². The predicted octanol–water partition coefficient (Wildman–Crippen LogP) is 3.92. The quantitative estimate of drug-likeness (QED) is 0.459. The summed E-state index contributed by atoms with van der Waals surface area (Å²) >= 11 is 0. The van der Waals surface area contributed by atoms with Crippen LogP contribution in [0.4, 0.5) is 5.95 Å². The minimum absolute atomic E-state index is 0.125. The summed E-state index contributed by atoms with van der Waals surface area (Å²) in [5.41, 5.74) is 3.48. The molecule has 37 heavy (non-hydrogen) atoms. The van der Waals surface area contributed by atoms with Crippen LogP contribution in [-0.4, -0.2) is 54.2 Å². The molecule has 0 unspecified atom stereocenters. The Balaban J connectivity index is 1.50. The number of ether oxygens (including phenoxy) is 2.